The monoisotopic (exact) mass is 217 g/mol. The minimum Gasteiger partial charge on any atom is -0.444 e. The van der Waals surface area contributed by atoms with E-state index in [9.17, 15) is 9.59 Å². The molecule has 0 unspecified atom stereocenters. The van der Waals surface area contributed by atoms with Crippen LogP contribution in [-0.2, 0) is 4.74 Å². The van der Waals surface area contributed by atoms with Gasteiger partial charge in [0.25, 0.3) is 0 Å². The first-order valence-corrected chi connectivity index (χ1v) is 4.70. The summed E-state index contributed by atoms with van der Waals surface area (Å²) >= 11 is 0. The number of hydrogen-bond acceptors (Lipinski definition) is 3. The molecule has 0 rings (SSSR count). The zero-order valence-electron chi connectivity index (χ0n) is 9.66. The number of carbonyl (C=O) groups is 2. The van der Waals surface area contributed by atoms with Gasteiger partial charge in [0.2, 0.25) is 0 Å². The lowest BCUT2D eigenvalue weighted by Gasteiger charge is -2.24. The Balaban J connectivity index is 3.85. The highest BCUT2D eigenvalue weighted by Crippen LogP contribution is 2.08. The molecule has 3 amide bonds. The normalized spacial score (nSPS) is 10.7. The summed E-state index contributed by atoms with van der Waals surface area (Å²) in [5.41, 5.74) is 4.36. The second-order valence-corrected chi connectivity index (χ2v) is 4.19. The van der Waals surface area contributed by atoms with Crippen molar-refractivity contribution in [1.29, 1.82) is 0 Å². The van der Waals surface area contributed by atoms with Crippen LogP contribution < -0.4 is 11.1 Å². The molecule has 0 atom stereocenters. The van der Waals surface area contributed by atoms with Crippen molar-refractivity contribution in [3.8, 4) is 0 Å². The van der Waals surface area contributed by atoms with Crippen molar-refractivity contribution in [2.24, 2.45) is 5.73 Å². The predicted molar refractivity (Wildman–Crippen MR) is 56.5 cm³/mol. The van der Waals surface area contributed by atoms with Crippen LogP contribution in [0.4, 0.5) is 9.59 Å². The lowest BCUT2D eigenvalue weighted by atomic mass is 10.2. The van der Waals surface area contributed by atoms with Crippen LogP contribution in [-0.4, -0.2) is 42.8 Å². The molecule has 0 heterocycles. The topological polar surface area (TPSA) is 84.7 Å². The molecule has 6 heteroatoms. The van der Waals surface area contributed by atoms with Crippen LogP contribution in [0.15, 0.2) is 0 Å². The van der Waals surface area contributed by atoms with E-state index in [1.807, 2.05) is 0 Å². The Morgan fingerprint density at radius 1 is 1.40 bits per heavy atom. The molecule has 0 aliphatic rings. The maximum atomic E-state index is 11.4. The first-order valence-electron chi connectivity index (χ1n) is 4.70. The second-order valence-electron chi connectivity index (χ2n) is 4.19. The number of urea groups is 1. The van der Waals surface area contributed by atoms with Gasteiger partial charge in [-0.15, -0.1) is 0 Å². The molecule has 88 valence electrons. The summed E-state index contributed by atoms with van der Waals surface area (Å²) in [5.74, 6) is 0. The van der Waals surface area contributed by atoms with E-state index in [0.29, 0.717) is 13.1 Å². The molecule has 3 N–H and O–H groups in total. The van der Waals surface area contributed by atoms with Gasteiger partial charge in [0.05, 0.1) is 0 Å². The molecule has 0 fully saturated rings. The van der Waals surface area contributed by atoms with Gasteiger partial charge in [0, 0.05) is 20.1 Å². The lowest BCUT2D eigenvalue weighted by Crippen LogP contribution is -2.40. The summed E-state index contributed by atoms with van der Waals surface area (Å²) < 4.78 is 5.10. The van der Waals surface area contributed by atoms with Gasteiger partial charge >= 0.3 is 12.1 Å². The van der Waals surface area contributed by atoms with Crippen molar-refractivity contribution in [2.75, 3.05) is 20.1 Å². The Labute approximate surface area is 89.7 Å². The minimum atomic E-state index is -0.604. The molecule has 0 saturated heterocycles. The van der Waals surface area contributed by atoms with Crippen LogP contribution in [0.3, 0.4) is 0 Å². The van der Waals surface area contributed by atoms with E-state index in [0.717, 1.165) is 0 Å². The zero-order valence-corrected chi connectivity index (χ0v) is 9.66. The molecule has 0 radical (unpaired) electrons. The van der Waals surface area contributed by atoms with Gasteiger partial charge in [-0.2, -0.15) is 0 Å². The fourth-order valence-corrected chi connectivity index (χ4v) is 0.778. The van der Waals surface area contributed by atoms with Gasteiger partial charge in [-0.05, 0) is 20.8 Å². The number of likely N-dealkylation sites (N-methyl/N-ethyl adjacent to an activating group) is 1. The van der Waals surface area contributed by atoms with Gasteiger partial charge in [-0.1, -0.05) is 0 Å². The average molecular weight is 217 g/mol. The summed E-state index contributed by atoms with van der Waals surface area (Å²) in [4.78, 5) is 23.1. The molecule has 0 saturated carbocycles. The van der Waals surface area contributed by atoms with Crippen molar-refractivity contribution < 1.29 is 14.3 Å². The number of nitrogens with one attached hydrogen (secondary N) is 1. The van der Waals surface area contributed by atoms with Crippen LogP contribution >= 0.6 is 0 Å². The molecule has 15 heavy (non-hydrogen) atoms. The Morgan fingerprint density at radius 3 is 2.33 bits per heavy atom. The van der Waals surface area contributed by atoms with E-state index < -0.39 is 17.7 Å². The minimum absolute atomic E-state index is 0.311. The van der Waals surface area contributed by atoms with E-state index in [1.165, 1.54) is 4.90 Å². The van der Waals surface area contributed by atoms with E-state index in [4.69, 9.17) is 10.5 Å². The molecule has 0 spiro atoms. The van der Waals surface area contributed by atoms with Crippen molar-refractivity contribution in [3.63, 3.8) is 0 Å². The van der Waals surface area contributed by atoms with E-state index in [2.05, 4.69) is 5.32 Å². The highest BCUT2D eigenvalue weighted by Gasteiger charge is 2.19. The number of rotatable bonds is 3. The summed E-state index contributed by atoms with van der Waals surface area (Å²) in [5, 5.41) is 2.38. The zero-order chi connectivity index (χ0) is 12.1. The third-order valence-corrected chi connectivity index (χ3v) is 1.45. The molecular weight excluding hydrogens is 198 g/mol. The Bertz CT molecular complexity index is 235. The highest BCUT2D eigenvalue weighted by molar-refractivity contribution is 5.71. The van der Waals surface area contributed by atoms with Gasteiger partial charge in [0.15, 0.2) is 0 Å². The number of carbonyl (C=O) groups excluding carboxylic acids is 2. The molecule has 0 aliphatic heterocycles. The first-order chi connectivity index (χ1) is 6.72. The number of hydrogen-bond donors (Lipinski definition) is 2. The van der Waals surface area contributed by atoms with Gasteiger partial charge in [0.1, 0.15) is 5.60 Å². The van der Waals surface area contributed by atoms with Crippen LogP contribution in [0.5, 0.6) is 0 Å². The van der Waals surface area contributed by atoms with E-state index in [1.54, 1.807) is 27.8 Å². The standard InChI is InChI=1S/C9H19N3O3/c1-9(2,3)15-8(14)12(4)6-5-11-7(10)13/h5-6H2,1-4H3,(H3,10,11,13). The number of amides is 3. The molecular formula is C9H19N3O3. The summed E-state index contributed by atoms with van der Waals surface area (Å²) in [6.45, 7) is 6.05. The van der Waals surface area contributed by atoms with E-state index in [-0.39, 0.29) is 0 Å². The number of ether oxygens (including phenoxy) is 1. The first kappa shape index (κ1) is 13.5. The molecule has 0 aromatic carbocycles. The predicted octanol–water partition coefficient (Wildman–Crippen LogP) is 0.522. The average Bonchev–Trinajstić information content (AvgIpc) is 1.99. The number of nitrogens with two attached hydrogens (primary N) is 1. The third kappa shape index (κ3) is 7.60. The Kier molecular flexibility index (Phi) is 4.90. The number of nitrogens with zero attached hydrogens (tertiary/aromatic N) is 1. The van der Waals surface area contributed by atoms with Gasteiger partial charge in [-0.25, -0.2) is 9.59 Å². The maximum absolute atomic E-state index is 11.4. The highest BCUT2D eigenvalue weighted by atomic mass is 16.6. The van der Waals surface area contributed by atoms with Crippen LogP contribution in [0.25, 0.3) is 0 Å². The van der Waals surface area contributed by atoms with Crippen molar-refractivity contribution in [1.82, 2.24) is 10.2 Å². The largest absolute Gasteiger partial charge is 0.444 e. The number of primary amides is 1. The summed E-state index contributed by atoms with van der Waals surface area (Å²) in [6.07, 6.45) is -0.422. The van der Waals surface area contributed by atoms with Crippen molar-refractivity contribution in [2.45, 2.75) is 26.4 Å². The van der Waals surface area contributed by atoms with Gasteiger partial charge < -0.3 is 20.7 Å². The second kappa shape index (κ2) is 5.43. The summed E-state index contributed by atoms with van der Waals surface area (Å²) in [6, 6.07) is -0.604. The Hall–Kier alpha value is -1.46. The molecule has 0 aliphatic carbocycles. The van der Waals surface area contributed by atoms with Crippen LogP contribution in [0.1, 0.15) is 20.8 Å². The fraction of sp³-hybridized carbons (Fsp3) is 0.778. The molecule has 6 nitrogen and oxygen atoms in total. The molecule has 0 aromatic heterocycles. The van der Waals surface area contributed by atoms with Crippen LogP contribution in [0.2, 0.25) is 0 Å². The lowest BCUT2D eigenvalue weighted by molar-refractivity contribution is 0.0301. The van der Waals surface area contributed by atoms with Crippen LogP contribution in [0, 0.1) is 0 Å². The maximum Gasteiger partial charge on any atom is 0.410 e. The Morgan fingerprint density at radius 2 is 1.93 bits per heavy atom. The fourth-order valence-electron chi connectivity index (χ4n) is 0.778. The molecule has 0 bridgehead atoms. The van der Waals surface area contributed by atoms with Gasteiger partial charge in [-0.3, -0.25) is 0 Å². The third-order valence-electron chi connectivity index (χ3n) is 1.45. The van der Waals surface area contributed by atoms with Crippen molar-refractivity contribution in [3.05, 3.63) is 0 Å². The quantitative estimate of drug-likeness (QED) is 0.722. The summed E-state index contributed by atoms with van der Waals surface area (Å²) in [7, 11) is 1.59. The van der Waals surface area contributed by atoms with E-state index >= 15 is 0 Å². The van der Waals surface area contributed by atoms with Crippen molar-refractivity contribution >= 4 is 12.1 Å². The smallest absolute Gasteiger partial charge is 0.410 e. The molecule has 0 aromatic rings. The SMILES string of the molecule is CN(CCNC(N)=O)C(=O)OC(C)(C)C.